The Labute approximate surface area is 76.7 Å². The summed E-state index contributed by atoms with van der Waals surface area (Å²) in [5.74, 6) is 0. The summed E-state index contributed by atoms with van der Waals surface area (Å²) in [7, 11) is 0. The SMILES string of the molecule is C=C(C=O)Cc1cccc(Cl)c1. The molecule has 0 N–H and O–H groups in total. The van der Waals surface area contributed by atoms with Crippen LogP contribution in [-0.4, -0.2) is 6.29 Å². The molecule has 62 valence electrons. The van der Waals surface area contributed by atoms with Gasteiger partial charge in [-0.2, -0.15) is 0 Å². The van der Waals surface area contributed by atoms with Crippen molar-refractivity contribution < 1.29 is 4.79 Å². The van der Waals surface area contributed by atoms with Crippen molar-refractivity contribution in [2.24, 2.45) is 0 Å². The maximum absolute atomic E-state index is 10.3. The predicted molar refractivity (Wildman–Crippen MR) is 50.4 cm³/mol. The van der Waals surface area contributed by atoms with Gasteiger partial charge in [0.15, 0.2) is 0 Å². The van der Waals surface area contributed by atoms with Gasteiger partial charge in [-0.05, 0) is 23.3 Å². The van der Waals surface area contributed by atoms with E-state index >= 15 is 0 Å². The molecule has 1 aromatic rings. The van der Waals surface area contributed by atoms with Gasteiger partial charge < -0.3 is 0 Å². The summed E-state index contributed by atoms with van der Waals surface area (Å²) in [6.45, 7) is 3.59. The lowest BCUT2D eigenvalue weighted by atomic mass is 10.1. The Morgan fingerprint density at radius 1 is 1.58 bits per heavy atom. The Kier molecular flexibility index (Phi) is 3.06. The summed E-state index contributed by atoms with van der Waals surface area (Å²) >= 11 is 5.75. The lowest BCUT2D eigenvalue weighted by Gasteiger charge is -1.98. The molecule has 2 heteroatoms. The molecule has 1 nitrogen and oxygen atoms in total. The van der Waals surface area contributed by atoms with Gasteiger partial charge in [0.1, 0.15) is 6.29 Å². The molecule has 0 aliphatic heterocycles. The van der Waals surface area contributed by atoms with Crippen molar-refractivity contribution in [3.63, 3.8) is 0 Å². The van der Waals surface area contributed by atoms with Crippen LogP contribution in [0.3, 0.4) is 0 Å². The molecule has 0 saturated carbocycles. The largest absolute Gasteiger partial charge is 0.298 e. The highest BCUT2D eigenvalue weighted by atomic mass is 35.5. The molecule has 0 fully saturated rings. The molecule has 12 heavy (non-hydrogen) atoms. The fraction of sp³-hybridized carbons (Fsp3) is 0.100. The smallest absolute Gasteiger partial charge is 0.145 e. The molecule has 0 aliphatic carbocycles. The van der Waals surface area contributed by atoms with Gasteiger partial charge in [0.25, 0.3) is 0 Å². The summed E-state index contributed by atoms with van der Waals surface area (Å²) < 4.78 is 0. The highest BCUT2D eigenvalue weighted by molar-refractivity contribution is 6.30. The van der Waals surface area contributed by atoms with Crippen molar-refractivity contribution in [3.8, 4) is 0 Å². The van der Waals surface area contributed by atoms with E-state index < -0.39 is 0 Å². The third kappa shape index (κ3) is 2.51. The second-order valence-corrected chi connectivity index (χ2v) is 3.02. The van der Waals surface area contributed by atoms with Gasteiger partial charge >= 0.3 is 0 Å². The number of carbonyl (C=O) groups excluding carboxylic acids is 1. The lowest BCUT2D eigenvalue weighted by molar-refractivity contribution is -0.104. The zero-order valence-corrected chi connectivity index (χ0v) is 7.34. The molecular weight excluding hydrogens is 172 g/mol. The fourth-order valence-electron chi connectivity index (χ4n) is 0.951. The first-order valence-corrected chi connectivity index (χ1v) is 3.97. The normalized spacial score (nSPS) is 9.42. The van der Waals surface area contributed by atoms with Gasteiger partial charge in [-0.25, -0.2) is 0 Å². The number of rotatable bonds is 3. The number of halogens is 1. The summed E-state index contributed by atoms with van der Waals surface area (Å²) in [6.07, 6.45) is 1.34. The molecule has 0 unspecified atom stereocenters. The number of hydrogen-bond donors (Lipinski definition) is 0. The Morgan fingerprint density at radius 3 is 2.92 bits per heavy atom. The Balaban J connectivity index is 2.76. The van der Waals surface area contributed by atoms with Crippen LogP contribution in [0.1, 0.15) is 5.56 Å². The van der Waals surface area contributed by atoms with Crippen molar-refractivity contribution in [2.75, 3.05) is 0 Å². The van der Waals surface area contributed by atoms with E-state index in [-0.39, 0.29) is 0 Å². The molecule has 0 heterocycles. The number of aldehydes is 1. The molecule has 0 aliphatic rings. The van der Waals surface area contributed by atoms with Crippen molar-refractivity contribution in [3.05, 3.63) is 47.0 Å². The van der Waals surface area contributed by atoms with E-state index in [1.165, 1.54) is 0 Å². The molecule has 0 atom stereocenters. The van der Waals surface area contributed by atoms with E-state index in [1.807, 2.05) is 18.2 Å². The summed E-state index contributed by atoms with van der Waals surface area (Å²) in [5, 5.41) is 0.686. The minimum atomic E-state index is 0.567. The fourth-order valence-corrected chi connectivity index (χ4v) is 1.16. The molecule has 1 rings (SSSR count). The standard InChI is InChI=1S/C10H9ClO/c1-8(7-12)5-9-3-2-4-10(11)6-9/h2-4,6-7H,1,5H2. The maximum atomic E-state index is 10.3. The topological polar surface area (TPSA) is 17.1 Å². The Morgan fingerprint density at radius 2 is 2.33 bits per heavy atom. The van der Waals surface area contributed by atoms with Crippen LogP contribution in [0.2, 0.25) is 5.02 Å². The predicted octanol–water partition coefficient (Wildman–Crippen LogP) is 2.64. The van der Waals surface area contributed by atoms with Crippen LogP contribution in [0, 0.1) is 0 Å². The van der Waals surface area contributed by atoms with Crippen LogP contribution >= 0.6 is 11.6 Å². The van der Waals surface area contributed by atoms with Crippen LogP contribution in [0.4, 0.5) is 0 Å². The first-order chi connectivity index (χ1) is 5.72. The average molecular weight is 181 g/mol. The van der Waals surface area contributed by atoms with Crippen LogP contribution in [0.15, 0.2) is 36.4 Å². The first kappa shape index (κ1) is 9.01. The summed E-state index contributed by atoms with van der Waals surface area (Å²) in [4.78, 5) is 10.3. The molecule has 0 spiro atoms. The molecule has 0 aromatic heterocycles. The number of allylic oxidation sites excluding steroid dienone is 1. The molecule has 0 bridgehead atoms. The summed E-state index contributed by atoms with van der Waals surface area (Å²) in [6, 6.07) is 7.40. The highest BCUT2D eigenvalue weighted by Crippen LogP contribution is 2.12. The molecule has 0 radical (unpaired) electrons. The minimum absolute atomic E-state index is 0.567. The monoisotopic (exact) mass is 180 g/mol. The molecule has 1 aromatic carbocycles. The molecule has 0 amide bonds. The van der Waals surface area contributed by atoms with E-state index in [4.69, 9.17) is 11.6 Å². The van der Waals surface area contributed by atoms with Crippen molar-refractivity contribution in [1.29, 1.82) is 0 Å². The van der Waals surface area contributed by atoms with E-state index in [2.05, 4.69) is 6.58 Å². The Bertz CT molecular complexity index is 304. The Hall–Kier alpha value is -1.08. The third-order valence-electron chi connectivity index (χ3n) is 1.49. The van der Waals surface area contributed by atoms with Crippen molar-refractivity contribution in [1.82, 2.24) is 0 Å². The van der Waals surface area contributed by atoms with Crippen molar-refractivity contribution in [2.45, 2.75) is 6.42 Å². The first-order valence-electron chi connectivity index (χ1n) is 3.60. The quantitative estimate of drug-likeness (QED) is 0.516. The van der Waals surface area contributed by atoms with Crippen LogP contribution in [-0.2, 0) is 11.2 Å². The van der Waals surface area contributed by atoms with Gasteiger partial charge in [-0.15, -0.1) is 0 Å². The van der Waals surface area contributed by atoms with Gasteiger partial charge in [-0.1, -0.05) is 30.3 Å². The van der Waals surface area contributed by atoms with Gasteiger partial charge in [0, 0.05) is 11.4 Å². The van der Waals surface area contributed by atoms with Crippen LogP contribution in [0.5, 0.6) is 0 Å². The minimum Gasteiger partial charge on any atom is -0.298 e. The zero-order chi connectivity index (χ0) is 8.97. The van der Waals surface area contributed by atoms with E-state index in [0.717, 1.165) is 11.8 Å². The highest BCUT2D eigenvalue weighted by Gasteiger charge is 1.96. The zero-order valence-electron chi connectivity index (χ0n) is 6.59. The second-order valence-electron chi connectivity index (χ2n) is 2.58. The molecular formula is C10H9ClO. The lowest BCUT2D eigenvalue weighted by Crippen LogP contribution is -1.89. The number of carbonyl (C=O) groups is 1. The maximum Gasteiger partial charge on any atom is 0.145 e. The van der Waals surface area contributed by atoms with Crippen LogP contribution in [0.25, 0.3) is 0 Å². The summed E-state index contributed by atoms with van der Waals surface area (Å²) in [5.41, 5.74) is 1.58. The second kappa shape index (κ2) is 4.07. The van der Waals surface area contributed by atoms with E-state index in [1.54, 1.807) is 6.07 Å². The number of benzene rings is 1. The van der Waals surface area contributed by atoms with Gasteiger partial charge in [-0.3, -0.25) is 4.79 Å². The van der Waals surface area contributed by atoms with Crippen molar-refractivity contribution >= 4 is 17.9 Å². The third-order valence-corrected chi connectivity index (χ3v) is 1.72. The van der Waals surface area contributed by atoms with Gasteiger partial charge in [0.05, 0.1) is 0 Å². The van der Waals surface area contributed by atoms with Crippen LogP contribution < -0.4 is 0 Å². The average Bonchev–Trinajstić information content (AvgIpc) is 2.04. The van der Waals surface area contributed by atoms with Gasteiger partial charge in [0.2, 0.25) is 0 Å². The van der Waals surface area contributed by atoms with E-state index in [9.17, 15) is 4.79 Å². The number of hydrogen-bond acceptors (Lipinski definition) is 1. The van der Waals surface area contributed by atoms with E-state index in [0.29, 0.717) is 17.0 Å². The molecule has 0 saturated heterocycles.